The van der Waals surface area contributed by atoms with Crippen molar-refractivity contribution in [3.8, 4) is 17.2 Å². The molecule has 0 spiro atoms. The molecule has 114 valence electrons. The Labute approximate surface area is 140 Å². The molecule has 0 aliphatic heterocycles. The van der Waals surface area contributed by atoms with Crippen molar-refractivity contribution in [1.82, 2.24) is 9.78 Å². The number of benzene rings is 2. The van der Waals surface area contributed by atoms with Gasteiger partial charge in [-0.2, -0.15) is 10.4 Å². The molecule has 0 aliphatic carbocycles. The van der Waals surface area contributed by atoms with Crippen LogP contribution in [0.25, 0.3) is 11.1 Å². The molecule has 0 atom stereocenters. The van der Waals surface area contributed by atoms with Crippen molar-refractivity contribution in [2.75, 3.05) is 0 Å². The number of aryl methyl sites for hydroxylation is 1. The summed E-state index contributed by atoms with van der Waals surface area (Å²) in [6.07, 6.45) is 0. The Bertz CT molecular complexity index is 889. The van der Waals surface area contributed by atoms with Gasteiger partial charge in [0.2, 0.25) is 0 Å². The van der Waals surface area contributed by atoms with Gasteiger partial charge in [-0.25, -0.2) is 0 Å². The maximum absolute atomic E-state index is 9.01. The maximum Gasteiger partial charge on any atom is 0.101 e. The first-order valence-electron chi connectivity index (χ1n) is 7.38. The van der Waals surface area contributed by atoms with E-state index in [1.807, 2.05) is 41.9 Å². The number of nitrogens with zero attached hydrogens (tertiary/aromatic N) is 3. The van der Waals surface area contributed by atoms with E-state index in [-0.39, 0.29) is 0 Å². The summed E-state index contributed by atoms with van der Waals surface area (Å²) in [4.78, 5) is 0. The lowest BCUT2D eigenvalue weighted by atomic mass is 10.0. The van der Waals surface area contributed by atoms with Gasteiger partial charge < -0.3 is 0 Å². The Morgan fingerprint density at radius 1 is 1.13 bits per heavy atom. The first kappa shape index (κ1) is 15.3. The first-order valence-corrected chi connectivity index (χ1v) is 7.76. The Morgan fingerprint density at radius 3 is 2.52 bits per heavy atom. The zero-order valence-electron chi connectivity index (χ0n) is 13.0. The topological polar surface area (TPSA) is 41.6 Å². The summed E-state index contributed by atoms with van der Waals surface area (Å²) < 4.78 is 2.01. The normalized spacial score (nSPS) is 10.5. The Hall–Kier alpha value is -2.57. The zero-order chi connectivity index (χ0) is 16.4. The number of hydrogen-bond acceptors (Lipinski definition) is 2. The largest absolute Gasteiger partial charge is 0.265 e. The van der Waals surface area contributed by atoms with E-state index in [9.17, 15) is 0 Å². The molecule has 3 rings (SSSR count). The average Bonchev–Trinajstić information content (AvgIpc) is 2.82. The van der Waals surface area contributed by atoms with Crippen LogP contribution in [0.15, 0.2) is 48.5 Å². The van der Waals surface area contributed by atoms with E-state index < -0.39 is 0 Å². The Morgan fingerprint density at radius 2 is 1.87 bits per heavy atom. The number of hydrogen-bond donors (Lipinski definition) is 0. The van der Waals surface area contributed by atoms with E-state index in [1.54, 1.807) is 6.07 Å². The van der Waals surface area contributed by atoms with Gasteiger partial charge in [-0.3, -0.25) is 4.68 Å². The van der Waals surface area contributed by atoms with Crippen LogP contribution in [0.4, 0.5) is 0 Å². The fourth-order valence-electron chi connectivity index (χ4n) is 2.79. The molecule has 0 bridgehead atoms. The molecule has 0 saturated carbocycles. The Kier molecular flexibility index (Phi) is 4.18. The second-order valence-corrected chi connectivity index (χ2v) is 5.90. The lowest BCUT2D eigenvalue weighted by Crippen LogP contribution is -2.03. The summed E-state index contributed by atoms with van der Waals surface area (Å²) in [5.74, 6) is 0. The SMILES string of the molecule is Cc1nn(Cc2ccccc2)c(C)c1-c1ccc(C#N)c(Cl)c1. The van der Waals surface area contributed by atoms with E-state index in [0.717, 1.165) is 29.1 Å². The highest BCUT2D eigenvalue weighted by Crippen LogP contribution is 2.30. The summed E-state index contributed by atoms with van der Waals surface area (Å²) in [5, 5.41) is 14.1. The molecule has 0 saturated heterocycles. The van der Waals surface area contributed by atoms with Crippen molar-refractivity contribution in [3.05, 3.63) is 76.1 Å². The van der Waals surface area contributed by atoms with E-state index in [2.05, 4.69) is 30.2 Å². The van der Waals surface area contributed by atoms with Crippen molar-refractivity contribution in [2.24, 2.45) is 0 Å². The van der Waals surface area contributed by atoms with Gasteiger partial charge in [0.15, 0.2) is 0 Å². The van der Waals surface area contributed by atoms with E-state index >= 15 is 0 Å². The van der Waals surface area contributed by atoms with Gasteiger partial charge in [-0.05, 0) is 37.1 Å². The smallest absolute Gasteiger partial charge is 0.101 e. The molecular weight excluding hydrogens is 306 g/mol. The molecule has 0 fully saturated rings. The van der Waals surface area contributed by atoms with Gasteiger partial charge in [0.25, 0.3) is 0 Å². The molecule has 2 aromatic carbocycles. The van der Waals surface area contributed by atoms with E-state index in [1.165, 1.54) is 5.56 Å². The van der Waals surface area contributed by atoms with Crippen LogP contribution in [0.3, 0.4) is 0 Å². The molecular formula is C19H16ClN3. The highest BCUT2D eigenvalue weighted by molar-refractivity contribution is 6.32. The van der Waals surface area contributed by atoms with Crippen LogP contribution < -0.4 is 0 Å². The van der Waals surface area contributed by atoms with Crippen LogP contribution in [0.2, 0.25) is 5.02 Å². The van der Waals surface area contributed by atoms with Crippen LogP contribution in [0.5, 0.6) is 0 Å². The van der Waals surface area contributed by atoms with Crippen molar-refractivity contribution >= 4 is 11.6 Å². The minimum atomic E-state index is 0.472. The molecule has 0 radical (unpaired) electrons. The van der Waals surface area contributed by atoms with Gasteiger partial charge in [0.05, 0.1) is 22.8 Å². The second kappa shape index (κ2) is 6.28. The van der Waals surface area contributed by atoms with Crippen molar-refractivity contribution in [1.29, 1.82) is 5.26 Å². The van der Waals surface area contributed by atoms with Gasteiger partial charge in [-0.1, -0.05) is 48.0 Å². The molecule has 1 aromatic heterocycles. The summed E-state index contributed by atoms with van der Waals surface area (Å²) in [6, 6.07) is 17.9. The maximum atomic E-state index is 9.01. The van der Waals surface area contributed by atoms with Crippen LogP contribution in [0.1, 0.15) is 22.5 Å². The quantitative estimate of drug-likeness (QED) is 0.699. The Balaban J connectivity index is 2.01. The lowest BCUT2D eigenvalue weighted by Gasteiger charge is -2.07. The standard InChI is InChI=1S/C19H16ClN3/c1-13-19(16-8-9-17(11-21)18(20)10-16)14(2)23(22-13)12-15-6-4-3-5-7-15/h3-10H,12H2,1-2H3. The highest BCUT2D eigenvalue weighted by atomic mass is 35.5. The van der Waals surface area contributed by atoms with Crippen molar-refractivity contribution in [3.63, 3.8) is 0 Å². The molecule has 0 aliphatic rings. The van der Waals surface area contributed by atoms with Gasteiger partial charge in [-0.15, -0.1) is 0 Å². The fourth-order valence-corrected chi connectivity index (χ4v) is 3.01. The molecule has 4 heteroatoms. The first-order chi connectivity index (χ1) is 11.1. The molecule has 3 nitrogen and oxygen atoms in total. The van der Waals surface area contributed by atoms with Crippen molar-refractivity contribution in [2.45, 2.75) is 20.4 Å². The van der Waals surface area contributed by atoms with Gasteiger partial charge >= 0.3 is 0 Å². The van der Waals surface area contributed by atoms with Crippen LogP contribution >= 0.6 is 11.6 Å². The minimum absolute atomic E-state index is 0.472. The predicted molar refractivity (Wildman–Crippen MR) is 92.4 cm³/mol. The molecule has 3 aromatic rings. The second-order valence-electron chi connectivity index (χ2n) is 5.50. The lowest BCUT2D eigenvalue weighted by molar-refractivity contribution is 0.659. The average molecular weight is 322 g/mol. The van der Waals surface area contributed by atoms with E-state index in [0.29, 0.717) is 10.6 Å². The fraction of sp³-hybridized carbons (Fsp3) is 0.158. The van der Waals surface area contributed by atoms with Crippen LogP contribution in [-0.4, -0.2) is 9.78 Å². The summed E-state index contributed by atoms with van der Waals surface area (Å²) in [5.41, 5.74) is 5.81. The number of halogens is 1. The summed E-state index contributed by atoms with van der Waals surface area (Å²) in [7, 11) is 0. The third-order valence-corrected chi connectivity index (χ3v) is 4.25. The number of aromatic nitrogens is 2. The van der Waals surface area contributed by atoms with Gasteiger partial charge in [0, 0.05) is 11.3 Å². The molecule has 23 heavy (non-hydrogen) atoms. The van der Waals surface area contributed by atoms with Crippen LogP contribution in [-0.2, 0) is 6.54 Å². The van der Waals surface area contributed by atoms with E-state index in [4.69, 9.17) is 16.9 Å². The zero-order valence-corrected chi connectivity index (χ0v) is 13.8. The third-order valence-electron chi connectivity index (χ3n) is 3.93. The third kappa shape index (κ3) is 2.99. The molecule has 0 N–H and O–H groups in total. The summed E-state index contributed by atoms with van der Waals surface area (Å²) in [6.45, 7) is 4.79. The van der Waals surface area contributed by atoms with Crippen molar-refractivity contribution < 1.29 is 0 Å². The molecule has 0 unspecified atom stereocenters. The summed E-state index contributed by atoms with van der Waals surface area (Å²) >= 11 is 6.17. The minimum Gasteiger partial charge on any atom is -0.265 e. The van der Waals surface area contributed by atoms with Gasteiger partial charge in [0.1, 0.15) is 6.07 Å². The van der Waals surface area contributed by atoms with Crippen LogP contribution in [0, 0.1) is 25.2 Å². The number of nitriles is 1. The molecule has 1 heterocycles. The number of rotatable bonds is 3. The molecule has 0 amide bonds. The highest BCUT2D eigenvalue weighted by Gasteiger charge is 2.14. The predicted octanol–water partition coefficient (Wildman–Crippen LogP) is 4.74. The monoisotopic (exact) mass is 321 g/mol.